The molecular formula is C14H15BrN2O. The Labute approximate surface area is 115 Å². The SMILES string of the molecule is CNC(C)c1cccnc1Oc1ccccc1Br. The average Bonchev–Trinajstić information content (AvgIpc) is 2.41. The molecule has 0 radical (unpaired) electrons. The highest BCUT2D eigenvalue weighted by Crippen LogP contribution is 2.31. The molecule has 18 heavy (non-hydrogen) atoms. The number of ether oxygens (including phenoxy) is 1. The second-order valence-corrected chi connectivity index (χ2v) is 4.79. The highest BCUT2D eigenvalue weighted by molar-refractivity contribution is 9.10. The zero-order valence-corrected chi connectivity index (χ0v) is 11.9. The number of rotatable bonds is 4. The van der Waals surface area contributed by atoms with Gasteiger partial charge in [-0.1, -0.05) is 18.2 Å². The van der Waals surface area contributed by atoms with E-state index in [1.54, 1.807) is 6.20 Å². The topological polar surface area (TPSA) is 34.2 Å². The molecule has 1 N–H and O–H groups in total. The number of nitrogens with zero attached hydrogens (tertiary/aromatic N) is 1. The Hall–Kier alpha value is -1.39. The van der Waals surface area contributed by atoms with E-state index >= 15 is 0 Å². The van der Waals surface area contributed by atoms with E-state index in [4.69, 9.17) is 4.74 Å². The lowest BCUT2D eigenvalue weighted by Gasteiger charge is -2.15. The molecule has 0 saturated carbocycles. The highest BCUT2D eigenvalue weighted by atomic mass is 79.9. The minimum absolute atomic E-state index is 0.191. The predicted octanol–water partition coefficient (Wildman–Crippen LogP) is 3.92. The van der Waals surface area contributed by atoms with Crippen molar-refractivity contribution in [3.63, 3.8) is 0 Å². The Kier molecular flexibility index (Phi) is 4.33. The van der Waals surface area contributed by atoms with Crippen molar-refractivity contribution in [1.82, 2.24) is 10.3 Å². The van der Waals surface area contributed by atoms with Crippen LogP contribution in [0.5, 0.6) is 11.6 Å². The summed E-state index contributed by atoms with van der Waals surface area (Å²) in [6.45, 7) is 2.07. The summed E-state index contributed by atoms with van der Waals surface area (Å²) in [5.41, 5.74) is 1.04. The summed E-state index contributed by atoms with van der Waals surface area (Å²) in [7, 11) is 1.92. The smallest absolute Gasteiger partial charge is 0.224 e. The third-order valence-corrected chi connectivity index (χ3v) is 3.40. The lowest BCUT2D eigenvalue weighted by atomic mass is 10.1. The van der Waals surface area contributed by atoms with Crippen LogP contribution in [0.2, 0.25) is 0 Å². The second kappa shape index (κ2) is 5.98. The van der Waals surface area contributed by atoms with E-state index in [1.165, 1.54) is 0 Å². The first-order valence-electron chi connectivity index (χ1n) is 5.77. The van der Waals surface area contributed by atoms with Crippen LogP contribution < -0.4 is 10.1 Å². The van der Waals surface area contributed by atoms with Crippen molar-refractivity contribution in [3.8, 4) is 11.6 Å². The number of nitrogens with one attached hydrogen (secondary N) is 1. The van der Waals surface area contributed by atoms with Crippen molar-refractivity contribution in [2.75, 3.05) is 7.05 Å². The van der Waals surface area contributed by atoms with Gasteiger partial charge in [-0.25, -0.2) is 4.98 Å². The zero-order valence-electron chi connectivity index (χ0n) is 10.4. The van der Waals surface area contributed by atoms with E-state index < -0.39 is 0 Å². The van der Waals surface area contributed by atoms with Gasteiger partial charge in [0, 0.05) is 17.8 Å². The van der Waals surface area contributed by atoms with Crippen LogP contribution >= 0.6 is 15.9 Å². The van der Waals surface area contributed by atoms with E-state index in [9.17, 15) is 0 Å². The van der Waals surface area contributed by atoms with Crippen molar-refractivity contribution in [3.05, 3.63) is 52.6 Å². The Morgan fingerprint density at radius 3 is 2.72 bits per heavy atom. The number of para-hydroxylation sites is 1. The Morgan fingerprint density at radius 2 is 2.00 bits per heavy atom. The van der Waals surface area contributed by atoms with Crippen LogP contribution in [0, 0.1) is 0 Å². The van der Waals surface area contributed by atoms with Crippen LogP contribution in [0.15, 0.2) is 47.1 Å². The van der Waals surface area contributed by atoms with Gasteiger partial charge >= 0.3 is 0 Å². The van der Waals surface area contributed by atoms with E-state index in [-0.39, 0.29) is 6.04 Å². The number of aromatic nitrogens is 1. The predicted molar refractivity (Wildman–Crippen MR) is 75.9 cm³/mol. The molecule has 1 aromatic carbocycles. The van der Waals surface area contributed by atoms with Gasteiger partial charge in [0.15, 0.2) is 0 Å². The number of halogens is 1. The van der Waals surface area contributed by atoms with Crippen molar-refractivity contribution in [2.45, 2.75) is 13.0 Å². The first-order valence-corrected chi connectivity index (χ1v) is 6.56. The maximum Gasteiger partial charge on any atom is 0.224 e. The molecule has 1 aromatic heterocycles. The maximum absolute atomic E-state index is 5.87. The van der Waals surface area contributed by atoms with Gasteiger partial charge in [0.1, 0.15) is 5.75 Å². The second-order valence-electron chi connectivity index (χ2n) is 3.94. The molecule has 2 aromatic rings. The van der Waals surface area contributed by atoms with Crippen LogP contribution in [0.3, 0.4) is 0 Å². The fourth-order valence-electron chi connectivity index (χ4n) is 1.61. The van der Waals surface area contributed by atoms with Crippen LogP contribution in [0.1, 0.15) is 18.5 Å². The highest BCUT2D eigenvalue weighted by Gasteiger charge is 2.12. The first-order chi connectivity index (χ1) is 8.72. The molecule has 0 aliphatic heterocycles. The van der Waals surface area contributed by atoms with Crippen LogP contribution in [-0.4, -0.2) is 12.0 Å². The fraction of sp³-hybridized carbons (Fsp3) is 0.214. The quantitative estimate of drug-likeness (QED) is 0.929. The molecular weight excluding hydrogens is 292 g/mol. The van der Waals surface area contributed by atoms with Gasteiger partial charge in [0.2, 0.25) is 5.88 Å². The van der Waals surface area contributed by atoms with Gasteiger partial charge in [-0.2, -0.15) is 0 Å². The van der Waals surface area contributed by atoms with Gasteiger partial charge in [-0.15, -0.1) is 0 Å². The largest absolute Gasteiger partial charge is 0.437 e. The monoisotopic (exact) mass is 306 g/mol. The summed E-state index contributed by atoms with van der Waals surface area (Å²) < 4.78 is 6.78. The fourth-order valence-corrected chi connectivity index (χ4v) is 1.97. The normalized spacial score (nSPS) is 12.2. The zero-order chi connectivity index (χ0) is 13.0. The summed E-state index contributed by atoms with van der Waals surface area (Å²) in [4.78, 5) is 4.30. The van der Waals surface area contributed by atoms with Gasteiger partial charge in [0.25, 0.3) is 0 Å². The Bertz CT molecular complexity index is 531. The molecule has 0 aliphatic rings. The van der Waals surface area contributed by atoms with Gasteiger partial charge in [-0.05, 0) is 48.1 Å². The molecule has 0 spiro atoms. The number of hydrogen-bond donors (Lipinski definition) is 1. The molecule has 1 atom stereocenters. The summed E-state index contributed by atoms with van der Waals surface area (Å²) >= 11 is 3.46. The molecule has 0 fully saturated rings. The molecule has 94 valence electrons. The molecule has 1 unspecified atom stereocenters. The summed E-state index contributed by atoms with van der Waals surface area (Å²) in [5, 5.41) is 3.19. The van der Waals surface area contributed by atoms with E-state index in [0.29, 0.717) is 5.88 Å². The van der Waals surface area contributed by atoms with Crippen LogP contribution in [0.25, 0.3) is 0 Å². The molecule has 0 amide bonds. The van der Waals surface area contributed by atoms with Crippen molar-refractivity contribution in [1.29, 1.82) is 0 Å². The van der Waals surface area contributed by atoms with Crippen molar-refractivity contribution >= 4 is 15.9 Å². The molecule has 0 bridgehead atoms. The van der Waals surface area contributed by atoms with E-state index in [1.807, 2.05) is 43.4 Å². The first kappa shape index (κ1) is 13.1. The molecule has 3 nitrogen and oxygen atoms in total. The van der Waals surface area contributed by atoms with Crippen molar-refractivity contribution < 1.29 is 4.74 Å². The molecule has 4 heteroatoms. The van der Waals surface area contributed by atoms with E-state index in [0.717, 1.165) is 15.8 Å². The minimum atomic E-state index is 0.191. The van der Waals surface area contributed by atoms with Gasteiger partial charge in [-0.3, -0.25) is 0 Å². The van der Waals surface area contributed by atoms with Crippen LogP contribution in [-0.2, 0) is 0 Å². The lowest BCUT2D eigenvalue weighted by Crippen LogP contribution is -2.13. The van der Waals surface area contributed by atoms with Crippen molar-refractivity contribution in [2.24, 2.45) is 0 Å². The number of pyridine rings is 1. The Balaban J connectivity index is 2.32. The molecule has 2 rings (SSSR count). The van der Waals surface area contributed by atoms with E-state index in [2.05, 4.69) is 33.2 Å². The summed E-state index contributed by atoms with van der Waals surface area (Å²) in [6, 6.07) is 11.9. The minimum Gasteiger partial charge on any atom is -0.437 e. The lowest BCUT2D eigenvalue weighted by molar-refractivity contribution is 0.444. The third-order valence-electron chi connectivity index (χ3n) is 2.74. The number of hydrogen-bond acceptors (Lipinski definition) is 3. The summed E-state index contributed by atoms with van der Waals surface area (Å²) in [5.74, 6) is 1.40. The van der Waals surface area contributed by atoms with Crippen LogP contribution in [0.4, 0.5) is 0 Å². The average molecular weight is 307 g/mol. The number of benzene rings is 1. The van der Waals surface area contributed by atoms with Gasteiger partial charge in [0.05, 0.1) is 4.47 Å². The summed E-state index contributed by atoms with van der Waals surface area (Å²) in [6.07, 6.45) is 1.73. The standard InChI is InChI=1S/C14H15BrN2O/c1-10(16-2)11-6-5-9-17-14(11)18-13-8-4-3-7-12(13)15/h3-10,16H,1-2H3. The molecule has 0 saturated heterocycles. The van der Waals surface area contributed by atoms with Gasteiger partial charge < -0.3 is 10.1 Å². The third kappa shape index (κ3) is 2.89. The molecule has 1 heterocycles. The molecule has 0 aliphatic carbocycles. The Morgan fingerprint density at radius 1 is 1.22 bits per heavy atom. The maximum atomic E-state index is 5.87.